The van der Waals surface area contributed by atoms with Gasteiger partial charge in [0.2, 0.25) is 0 Å². The molecule has 2 aromatic carbocycles. The molecule has 3 heterocycles. The first-order valence-electron chi connectivity index (χ1n) is 21.5. The van der Waals surface area contributed by atoms with Gasteiger partial charge in [-0.05, 0) is 141 Å². The third kappa shape index (κ3) is 7.83. The minimum atomic E-state index is -1.04. The summed E-state index contributed by atoms with van der Waals surface area (Å²) in [5.41, 5.74) is 10.3. The van der Waals surface area contributed by atoms with E-state index in [2.05, 4.69) is 87.8 Å². The van der Waals surface area contributed by atoms with Gasteiger partial charge < -0.3 is 26.6 Å². The van der Waals surface area contributed by atoms with Crippen LogP contribution in [0.15, 0.2) is 65.7 Å². The van der Waals surface area contributed by atoms with E-state index in [0.29, 0.717) is 37.0 Å². The summed E-state index contributed by atoms with van der Waals surface area (Å²) in [6.07, 6.45) is 11.3. The number of nitrogens with zero attached hydrogens (tertiary/aromatic N) is 1. The molecule has 2 spiro atoms. The van der Waals surface area contributed by atoms with Gasteiger partial charge >= 0.3 is 0 Å². The van der Waals surface area contributed by atoms with Crippen LogP contribution in [-0.2, 0) is 19.3 Å². The Labute approximate surface area is 357 Å². The van der Waals surface area contributed by atoms with Gasteiger partial charge in [0.15, 0.2) is 11.7 Å². The maximum atomic E-state index is 15.2. The predicted molar refractivity (Wildman–Crippen MR) is 241 cm³/mol. The Hall–Kier alpha value is -4.54. The molecule has 0 saturated heterocycles. The largest absolute Gasteiger partial charge is 0.508 e. The van der Waals surface area contributed by atoms with Gasteiger partial charge in [0.05, 0.1) is 26.6 Å². The van der Waals surface area contributed by atoms with E-state index in [1.165, 1.54) is 31.2 Å². The zero-order valence-electron chi connectivity index (χ0n) is 34.5. The Morgan fingerprint density at radius 3 is 2.61 bits per heavy atom. The van der Waals surface area contributed by atoms with Crippen molar-refractivity contribution in [1.82, 2.24) is 5.32 Å². The van der Waals surface area contributed by atoms with E-state index in [1.54, 1.807) is 35.8 Å². The van der Waals surface area contributed by atoms with Gasteiger partial charge in [0.1, 0.15) is 5.75 Å². The van der Waals surface area contributed by atoms with Gasteiger partial charge in [-0.2, -0.15) is 0 Å². The fourth-order valence-corrected chi connectivity index (χ4v) is 14.1. The number of thiophene rings is 2. The smallest absolute Gasteiger partial charge is 0.188 e. The van der Waals surface area contributed by atoms with Crippen molar-refractivity contribution in [1.29, 1.82) is 0 Å². The molecule has 9 heteroatoms. The zero-order valence-corrected chi connectivity index (χ0v) is 36.1. The lowest BCUT2D eigenvalue weighted by Gasteiger charge is -2.47. The molecule has 0 radical (unpaired) electrons. The number of hydrogen-bond acceptors (Lipinski definition) is 7. The minimum Gasteiger partial charge on any atom is -0.508 e. The summed E-state index contributed by atoms with van der Waals surface area (Å²) < 4.78 is 0. The molecule has 4 aromatic rings. The van der Waals surface area contributed by atoms with Crippen LogP contribution in [0.25, 0.3) is 9.75 Å². The van der Waals surface area contributed by atoms with Crippen molar-refractivity contribution >= 4 is 40.1 Å². The number of carbonyl (C=O) groups excluding carboxylic acids is 1. The van der Waals surface area contributed by atoms with Crippen molar-refractivity contribution in [2.24, 2.45) is 45.2 Å². The van der Waals surface area contributed by atoms with Gasteiger partial charge in [-0.1, -0.05) is 54.9 Å². The van der Waals surface area contributed by atoms with E-state index < -0.39 is 5.60 Å². The molecule has 9 rings (SSSR count). The molecule has 6 N–H and O–H groups in total. The number of guanidine groups is 1. The molecule has 7 bridgehead atoms. The number of Topliss-reactive ketones (excluding diaryl/α,β-unsaturated/α-hetero) is 1. The number of aliphatic imine (C=N–C) groups is 1. The molecule has 5 aliphatic rings. The molecule has 0 unspecified atom stereocenters. The van der Waals surface area contributed by atoms with E-state index in [9.17, 15) is 10.2 Å². The summed E-state index contributed by atoms with van der Waals surface area (Å²) >= 11 is 3.32. The van der Waals surface area contributed by atoms with Crippen LogP contribution in [0.5, 0.6) is 5.75 Å². The fourth-order valence-electron chi connectivity index (χ4n) is 12.1. The summed E-state index contributed by atoms with van der Waals surface area (Å²) in [5.74, 6) is 15.3. The standard InChI is InChI=1S/C50H56N4O3S2/c1-4-8-37-13-16-43(58-37)44-17-18-45(59-44)46(56)39-15-12-34-27-50(39)28-40(49(29-50)19-5-6-20-49)33-11-14-38-35(24-41(34)54-47(51)52-3)23-36(55)25-42(38)53-30-48(2,57)26-32-10-7-9-31(21-32)22-33/h7,9-10,13,16-18,21,23,25,33-34,39-41,53,55,57H,5-6,12,15,19-20,22,24,26-30H2,1-3H3,(H3,51,52,54)/t33-,34+,39-,40+,41+,48+,50-/m1/s1. The monoisotopic (exact) mass is 824 g/mol. The predicted octanol–water partition coefficient (Wildman–Crippen LogP) is 9.20. The highest BCUT2D eigenvalue weighted by molar-refractivity contribution is 7.23. The fraction of sp³-hybridized carbons (Fsp3) is 0.480. The number of hydrogen-bond donors (Lipinski definition) is 5. The van der Waals surface area contributed by atoms with Gasteiger partial charge in [0, 0.05) is 53.7 Å². The number of phenols is 1. The first-order chi connectivity index (χ1) is 28.4. The maximum Gasteiger partial charge on any atom is 0.188 e. The van der Waals surface area contributed by atoms with Crippen LogP contribution in [0.1, 0.15) is 108 Å². The number of β-amino-alcohol motifs (C(OH)–C–C–N with tert-alkyl or cyclic N) is 1. The molecule has 0 amide bonds. The summed E-state index contributed by atoms with van der Waals surface area (Å²) in [7, 11) is 1.71. The zero-order chi connectivity index (χ0) is 40.9. The van der Waals surface area contributed by atoms with Crippen molar-refractivity contribution in [2.75, 3.05) is 18.9 Å². The lowest BCUT2D eigenvalue weighted by molar-refractivity contribution is 0.0337. The lowest BCUT2D eigenvalue weighted by atomic mass is 9.58. The number of ketones is 1. The molecule has 306 valence electrons. The molecule has 7 atom stereocenters. The molecule has 1 aliphatic heterocycles. The highest BCUT2D eigenvalue weighted by atomic mass is 32.1. The quantitative estimate of drug-likeness (QED) is 0.0606. The number of nitrogens with two attached hydrogens (primary N) is 1. The second-order valence-corrected chi connectivity index (χ2v) is 20.8. The number of rotatable bonds is 4. The second-order valence-electron chi connectivity index (χ2n) is 18.6. The number of carbonyl (C=O) groups is 1. The molecular weight excluding hydrogens is 769 g/mol. The van der Waals surface area contributed by atoms with E-state index in [0.717, 1.165) is 80.4 Å². The van der Waals surface area contributed by atoms with E-state index in [4.69, 9.17) is 5.73 Å². The molecule has 59 heavy (non-hydrogen) atoms. The highest BCUT2D eigenvalue weighted by Gasteiger charge is 2.62. The lowest BCUT2D eigenvalue weighted by Crippen LogP contribution is -2.50. The molecule has 3 saturated carbocycles. The molecule has 2 aromatic heterocycles. The summed E-state index contributed by atoms with van der Waals surface area (Å²) in [6.45, 7) is 4.04. The molecule has 3 fully saturated rings. The topological polar surface area (TPSA) is 120 Å². The number of aliphatic hydroxyl groups is 1. The Balaban J connectivity index is 1.19. The first kappa shape index (κ1) is 39.9. The van der Waals surface area contributed by atoms with Crippen LogP contribution in [-0.4, -0.2) is 47.2 Å². The Morgan fingerprint density at radius 2 is 1.80 bits per heavy atom. The van der Waals surface area contributed by atoms with Crippen molar-refractivity contribution < 1.29 is 15.0 Å². The highest BCUT2D eigenvalue weighted by Crippen LogP contribution is 2.69. The second kappa shape index (κ2) is 15.8. The van der Waals surface area contributed by atoms with Crippen molar-refractivity contribution in [3.63, 3.8) is 0 Å². The minimum absolute atomic E-state index is 0.0680. The average Bonchev–Trinajstić information content (AvgIpc) is 4.03. The normalized spacial score (nSPS) is 29.6. The van der Waals surface area contributed by atoms with Crippen molar-refractivity contribution in [3.05, 3.63) is 92.7 Å². The SMILES string of the molecule is CC#Cc1ccc(-c2ccc(C(=O)[C@H]3CC[C@H]4C[C@]35C[C@@H]([C@@H]3C#Cc6c(cc(O)cc6NC[C@@](C)(O)Cc6cccc(c6)C3)C[C@@H]4NC(N)=NC)C3(CCCC3)C5)s2)s1. The number of phenolic OH excluding ortho intramolecular Hbond substituents is 1. The Morgan fingerprint density at radius 1 is 1.00 bits per heavy atom. The number of benzene rings is 2. The first-order valence-corrected chi connectivity index (χ1v) is 23.2. The summed E-state index contributed by atoms with van der Waals surface area (Å²) in [6, 6.07) is 20.7. The van der Waals surface area contributed by atoms with Crippen LogP contribution in [0.4, 0.5) is 5.69 Å². The number of nitrogens with one attached hydrogen (secondary N) is 2. The number of aromatic hydroxyl groups is 1. The van der Waals surface area contributed by atoms with Crippen molar-refractivity contribution in [2.45, 2.75) is 103 Å². The van der Waals surface area contributed by atoms with Crippen LogP contribution < -0.4 is 16.4 Å². The van der Waals surface area contributed by atoms with E-state index in [-0.39, 0.29) is 40.4 Å². The number of fused-ring (bicyclic) bond motifs is 7. The third-order valence-corrected chi connectivity index (χ3v) is 16.9. The maximum absolute atomic E-state index is 15.2. The Kier molecular flexibility index (Phi) is 10.7. The molecular formula is C50H56N4O3S2. The molecule has 7 nitrogen and oxygen atoms in total. The van der Waals surface area contributed by atoms with Crippen LogP contribution in [0.2, 0.25) is 0 Å². The summed E-state index contributed by atoms with van der Waals surface area (Å²) in [5, 5.41) is 30.1. The van der Waals surface area contributed by atoms with Crippen LogP contribution >= 0.6 is 22.7 Å². The Bertz CT molecular complexity index is 2420. The van der Waals surface area contributed by atoms with Crippen LogP contribution in [0.3, 0.4) is 0 Å². The van der Waals surface area contributed by atoms with Gasteiger partial charge in [-0.15, -0.1) is 28.6 Å². The van der Waals surface area contributed by atoms with Crippen LogP contribution in [0, 0.1) is 58.2 Å². The van der Waals surface area contributed by atoms with E-state index in [1.807, 2.05) is 19.9 Å². The average molecular weight is 825 g/mol. The van der Waals surface area contributed by atoms with Crippen molar-refractivity contribution in [3.8, 4) is 39.2 Å². The van der Waals surface area contributed by atoms with Gasteiger partial charge in [-0.3, -0.25) is 9.79 Å². The van der Waals surface area contributed by atoms with Gasteiger partial charge in [-0.25, -0.2) is 0 Å². The van der Waals surface area contributed by atoms with Gasteiger partial charge in [0.25, 0.3) is 0 Å². The number of anilines is 1. The van der Waals surface area contributed by atoms with E-state index >= 15 is 4.79 Å². The third-order valence-electron chi connectivity index (χ3n) is 14.6. The summed E-state index contributed by atoms with van der Waals surface area (Å²) in [4.78, 5) is 23.8. The molecule has 4 aliphatic carbocycles.